The number of likely N-dealkylation sites (N-methyl/N-ethyl adjacent to an activating group) is 1. The van der Waals surface area contributed by atoms with Crippen molar-refractivity contribution in [1.29, 1.82) is 0 Å². The number of alkyl halides is 3. The Morgan fingerprint density at radius 1 is 1.32 bits per heavy atom. The number of anilines is 1. The first-order valence-corrected chi connectivity index (χ1v) is 6.08. The van der Waals surface area contributed by atoms with Crippen LogP contribution in [0, 0.1) is 0 Å². The molecule has 0 unspecified atom stereocenters. The minimum absolute atomic E-state index is 0.0908. The fraction of sp³-hybridized carbons (Fsp3) is 0.538. The van der Waals surface area contributed by atoms with Gasteiger partial charge in [-0.1, -0.05) is 6.07 Å². The fourth-order valence-corrected chi connectivity index (χ4v) is 1.86. The second-order valence-electron chi connectivity index (χ2n) is 4.13. The van der Waals surface area contributed by atoms with E-state index in [4.69, 9.17) is 10.5 Å². The van der Waals surface area contributed by atoms with Crippen LogP contribution in [-0.2, 0) is 17.5 Å². The van der Waals surface area contributed by atoms with Gasteiger partial charge in [-0.2, -0.15) is 13.2 Å². The van der Waals surface area contributed by atoms with Crippen LogP contribution < -0.4 is 10.6 Å². The lowest BCUT2D eigenvalue weighted by Gasteiger charge is -2.26. The quantitative estimate of drug-likeness (QED) is 0.868. The van der Waals surface area contributed by atoms with Gasteiger partial charge < -0.3 is 15.4 Å². The molecule has 19 heavy (non-hydrogen) atoms. The molecule has 108 valence electrons. The van der Waals surface area contributed by atoms with Crippen molar-refractivity contribution in [2.45, 2.75) is 19.6 Å². The number of ether oxygens (including phenoxy) is 1. The van der Waals surface area contributed by atoms with E-state index >= 15 is 0 Å². The first-order valence-electron chi connectivity index (χ1n) is 6.08. The highest BCUT2D eigenvalue weighted by Crippen LogP contribution is 2.37. The second-order valence-corrected chi connectivity index (χ2v) is 4.13. The molecular weight excluding hydrogens is 257 g/mol. The number of benzene rings is 1. The summed E-state index contributed by atoms with van der Waals surface area (Å²) in [7, 11) is 1.52. The summed E-state index contributed by atoms with van der Waals surface area (Å²) in [4.78, 5) is 1.65. The predicted molar refractivity (Wildman–Crippen MR) is 69.1 cm³/mol. The third-order valence-corrected chi connectivity index (χ3v) is 2.89. The molecule has 1 aromatic rings. The Morgan fingerprint density at radius 2 is 2.00 bits per heavy atom. The molecular formula is C13H19F3N2O. The van der Waals surface area contributed by atoms with Crippen molar-refractivity contribution >= 4 is 5.69 Å². The molecule has 6 heteroatoms. The van der Waals surface area contributed by atoms with Crippen LogP contribution in [0.2, 0.25) is 0 Å². The molecule has 0 aliphatic rings. The molecule has 0 atom stereocenters. The van der Waals surface area contributed by atoms with Crippen molar-refractivity contribution in [2.75, 3.05) is 31.7 Å². The van der Waals surface area contributed by atoms with Gasteiger partial charge in [0, 0.05) is 32.4 Å². The Labute approximate surface area is 111 Å². The van der Waals surface area contributed by atoms with Crippen LogP contribution in [0.1, 0.15) is 18.1 Å². The highest BCUT2D eigenvalue weighted by Gasteiger charge is 2.34. The van der Waals surface area contributed by atoms with Crippen molar-refractivity contribution in [3.63, 3.8) is 0 Å². The van der Waals surface area contributed by atoms with E-state index in [-0.39, 0.29) is 12.2 Å². The van der Waals surface area contributed by atoms with Gasteiger partial charge in [0.1, 0.15) is 0 Å². The minimum Gasteiger partial charge on any atom is -0.383 e. The summed E-state index contributed by atoms with van der Waals surface area (Å²) in [5, 5.41) is 0. The van der Waals surface area contributed by atoms with Gasteiger partial charge in [0.05, 0.1) is 12.2 Å². The van der Waals surface area contributed by atoms with E-state index in [1.165, 1.54) is 13.2 Å². The molecule has 1 aromatic carbocycles. The Morgan fingerprint density at radius 3 is 2.47 bits per heavy atom. The van der Waals surface area contributed by atoms with E-state index < -0.39 is 11.7 Å². The van der Waals surface area contributed by atoms with Crippen LogP contribution in [0.3, 0.4) is 0 Å². The number of hydrogen-bond acceptors (Lipinski definition) is 3. The molecule has 3 nitrogen and oxygen atoms in total. The molecule has 0 saturated carbocycles. The maximum absolute atomic E-state index is 13.1. The van der Waals surface area contributed by atoms with Gasteiger partial charge in [-0.05, 0) is 24.6 Å². The topological polar surface area (TPSA) is 38.5 Å². The highest BCUT2D eigenvalue weighted by atomic mass is 19.4. The monoisotopic (exact) mass is 276 g/mol. The van der Waals surface area contributed by atoms with E-state index in [2.05, 4.69) is 0 Å². The Bertz CT molecular complexity index is 407. The van der Waals surface area contributed by atoms with Gasteiger partial charge in [0.25, 0.3) is 0 Å². The number of rotatable bonds is 6. The third kappa shape index (κ3) is 4.11. The molecule has 1 rings (SSSR count). The van der Waals surface area contributed by atoms with Crippen molar-refractivity contribution in [1.82, 2.24) is 0 Å². The summed E-state index contributed by atoms with van der Waals surface area (Å²) < 4.78 is 44.2. The van der Waals surface area contributed by atoms with E-state index in [1.807, 2.05) is 6.92 Å². The summed E-state index contributed by atoms with van der Waals surface area (Å²) in [5.74, 6) is 0. The predicted octanol–water partition coefficient (Wildman–Crippen LogP) is 2.64. The standard InChI is InChI=1S/C13H19F3N2O/c1-3-18(6-7-19-2)12-5-4-10(9-17)8-11(12)13(14,15)16/h4-5,8H,3,6-7,9,17H2,1-2H3. The lowest BCUT2D eigenvalue weighted by Crippen LogP contribution is -2.29. The number of nitrogens with two attached hydrogens (primary N) is 1. The molecule has 0 aliphatic heterocycles. The molecule has 0 fully saturated rings. The molecule has 0 heterocycles. The van der Waals surface area contributed by atoms with E-state index in [0.29, 0.717) is 25.3 Å². The summed E-state index contributed by atoms with van der Waals surface area (Å²) in [6.45, 7) is 3.18. The first kappa shape index (κ1) is 15.8. The summed E-state index contributed by atoms with van der Waals surface area (Å²) in [6, 6.07) is 4.22. The van der Waals surface area contributed by atoms with Crippen LogP contribution >= 0.6 is 0 Å². The molecule has 2 N–H and O–H groups in total. The van der Waals surface area contributed by atoms with Crippen molar-refractivity contribution in [3.8, 4) is 0 Å². The van der Waals surface area contributed by atoms with Crippen LogP contribution in [0.5, 0.6) is 0 Å². The van der Waals surface area contributed by atoms with Crippen LogP contribution in [0.4, 0.5) is 18.9 Å². The van der Waals surface area contributed by atoms with Crippen molar-refractivity contribution < 1.29 is 17.9 Å². The molecule has 0 spiro atoms. The molecule has 0 bridgehead atoms. The molecule has 0 aliphatic carbocycles. The van der Waals surface area contributed by atoms with Gasteiger partial charge in [-0.25, -0.2) is 0 Å². The fourth-order valence-electron chi connectivity index (χ4n) is 1.86. The van der Waals surface area contributed by atoms with Gasteiger partial charge in [0.15, 0.2) is 0 Å². The largest absolute Gasteiger partial charge is 0.418 e. The average Bonchev–Trinajstić information content (AvgIpc) is 2.38. The summed E-state index contributed by atoms with van der Waals surface area (Å²) in [6.07, 6.45) is -4.39. The number of nitrogens with zero attached hydrogens (tertiary/aromatic N) is 1. The zero-order valence-electron chi connectivity index (χ0n) is 11.1. The molecule has 0 amide bonds. The minimum atomic E-state index is -4.39. The van der Waals surface area contributed by atoms with Crippen molar-refractivity contribution in [2.24, 2.45) is 5.73 Å². The number of halogens is 3. The summed E-state index contributed by atoms with van der Waals surface area (Å²) >= 11 is 0. The van der Waals surface area contributed by atoms with E-state index in [9.17, 15) is 13.2 Å². The smallest absolute Gasteiger partial charge is 0.383 e. The normalized spacial score (nSPS) is 11.7. The highest BCUT2D eigenvalue weighted by molar-refractivity contribution is 5.56. The maximum atomic E-state index is 13.1. The zero-order valence-corrected chi connectivity index (χ0v) is 11.1. The van der Waals surface area contributed by atoms with Crippen molar-refractivity contribution in [3.05, 3.63) is 29.3 Å². The lowest BCUT2D eigenvalue weighted by atomic mass is 10.1. The van der Waals surface area contributed by atoms with Crippen LogP contribution in [0.15, 0.2) is 18.2 Å². The maximum Gasteiger partial charge on any atom is 0.418 e. The molecule has 0 aromatic heterocycles. The SMILES string of the molecule is CCN(CCOC)c1ccc(CN)cc1C(F)(F)F. The van der Waals surface area contributed by atoms with Gasteiger partial charge in [-0.3, -0.25) is 0 Å². The third-order valence-electron chi connectivity index (χ3n) is 2.89. The Kier molecular flexibility index (Phi) is 5.62. The first-order chi connectivity index (χ1) is 8.93. The molecule has 0 saturated heterocycles. The Balaban J connectivity index is 3.17. The van der Waals surface area contributed by atoms with Crippen LogP contribution in [-0.4, -0.2) is 26.8 Å². The number of hydrogen-bond donors (Lipinski definition) is 1. The molecule has 0 radical (unpaired) electrons. The van der Waals surface area contributed by atoms with Gasteiger partial charge in [-0.15, -0.1) is 0 Å². The van der Waals surface area contributed by atoms with E-state index in [0.717, 1.165) is 6.07 Å². The van der Waals surface area contributed by atoms with Crippen LogP contribution in [0.25, 0.3) is 0 Å². The summed E-state index contributed by atoms with van der Waals surface area (Å²) in [5.41, 5.74) is 5.40. The number of methoxy groups -OCH3 is 1. The lowest BCUT2D eigenvalue weighted by molar-refractivity contribution is -0.137. The van der Waals surface area contributed by atoms with Gasteiger partial charge >= 0.3 is 6.18 Å². The Hall–Kier alpha value is -1.27. The van der Waals surface area contributed by atoms with Gasteiger partial charge in [0.2, 0.25) is 0 Å². The second kappa shape index (κ2) is 6.77. The average molecular weight is 276 g/mol. The van der Waals surface area contributed by atoms with E-state index in [1.54, 1.807) is 11.0 Å². The zero-order chi connectivity index (χ0) is 14.5.